The highest BCUT2D eigenvalue weighted by atomic mass is 32.2. The molecule has 0 bridgehead atoms. The molecular formula is C13H15N3O4S. The Labute approximate surface area is 122 Å². The quantitative estimate of drug-likeness (QED) is 0.815. The smallest absolute Gasteiger partial charge is 0.335 e. The Bertz CT molecular complexity index is 752. The van der Waals surface area contributed by atoms with Crippen molar-refractivity contribution in [2.24, 2.45) is 7.05 Å². The van der Waals surface area contributed by atoms with Gasteiger partial charge in [0, 0.05) is 13.6 Å². The SMILES string of the molecule is Cn1nccc1S(=O)(=O)NCCc1cccc(C(=O)O)c1. The lowest BCUT2D eigenvalue weighted by molar-refractivity contribution is 0.0696. The Morgan fingerprint density at radius 1 is 1.38 bits per heavy atom. The molecule has 2 aromatic rings. The molecule has 0 saturated heterocycles. The fourth-order valence-corrected chi connectivity index (χ4v) is 3.04. The molecule has 21 heavy (non-hydrogen) atoms. The van der Waals surface area contributed by atoms with Crippen LogP contribution in [0.4, 0.5) is 0 Å². The summed E-state index contributed by atoms with van der Waals surface area (Å²) >= 11 is 0. The molecule has 0 saturated carbocycles. The first-order valence-electron chi connectivity index (χ1n) is 6.20. The van der Waals surface area contributed by atoms with Crippen molar-refractivity contribution in [1.29, 1.82) is 0 Å². The van der Waals surface area contributed by atoms with Crippen LogP contribution in [0.1, 0.15) is 15.9 Å². The highest BCUT2D eigenvalue weighted by Gasteiger charge is 2.17. The second kappa shape index (κ2) is 6.06. The van der Waals surface area contributed by atoms with Gasteiger partial charge in [-0.2, -0.15) is 5.10 Å². The summed E-state index contributed by atoms with van der Waals surface area (Å²) in [6, 6.07) is 7.82. The number of hydrogen-bond donors (Lipinski definition) is 2. The molecule has 0 aliphatic rings. The van der Waals surface area contributed by atoms with E-state index in [2.05, 4.69) is 9.82 Å². The number of carbonyl (C=O) groups is 1. The van der Waals surface area contributed by atoms with Crippen molar-refractivity contribution in [3.8, 4) is 0 Å². The third-order valence-corrected chi connectivity index (χ3v) is 4.47. The summed E-state index contributed by atoms with van der Waals surface area (Å²) in [7, 11) is -2.06. The zero-order chi connectivity index (χ0) is 15.5. The van der Waals surface area contributed by atoms with E-state index in [1.54, 1.807) is 19.2 Å². The monoisotopic (exact) mass is 309 g/mol. The average Bonchev–Trinajstić information content (AvgIpc) is 2.86. The molecule has 7 nitrogen and oxygen atoms in total. The van der Waals surface area contributed by atoms with Gasteiger partial charge in [-0.25, -0.2) is 17.9 Å². The van der Waals surface area contributed by atoms with E-state index in [-0.39, 0.29) is 17.1 Å². The largest absolute Gasteiger partial charge is 0.478 e. The van der Waals surface area contributed by atoms with Crippen LogP contribution in [-0.4, -0.2) is 35.8 Å². The zero-order valence-corrected chi connectivity index (χ0v) is 12.2. The van der Waals surface area contributed by atoms with E-state index < -0.39 is 16.0 Å². The Morgan fingerprint density at radius 2 is 2.14 bits per heavy atom. The first-order chi connectivity index (χ1) is 9.90. The third kappa shape index (κ3) is 3.67. The van der Waals surface area contributed by atoms with Crippen LogP contribution in [0.2, 0.25) is 0 Å². The van der Waals surface area contributed by atoms with Gasteiger partial charge in [-0.1, -0.05) is 12.1 Å². The number of nitrogens with zero attached hydrogens (tertiary/aromatic N) is 2. The minimum absolute atomic E-state index is 0.0850. The van der Waals surface area contributed by atoms with Gasteiger partial charge in [0.1, 0.15) is 0 Å². The van der Waals surface area contributed by atoms with Crippen molar-refractivity contribution in [3.63, 3.8) is 0 Å². The number of benzene rings is 1. The van der Waals surface area contributed by atoms with Crippen molar-refractivity contribution >= 4 is 16.0 Å². The van der Waals surface area contributed by atoms with E-state index in [0.717, 1.165) is 5.56 Å². The lowest BCUT2D eigenvalue weighted by Crippen LogP contribution is -2.27. The van der Waals surface area contributed by atoms with Gasteiger partial charge in [-0.05, 0) is 30.2 Å². The molecule has 2 rings (SSSR count). The van der Waals surface area contributed by atoms with Crippen molar-refractivity contribution in [2.45, 2.75) is 11.4 Å². The number of aromatic carboxylic acids is 1. The first kappa shape index (κ1) is 15.2. The molecule has 0 spiro atoms. The number of hydrogen-bond acceptors (Lipinski definition) is 4. The van der Waals surface area contributed by atoms with Gasteiger partial charge in [0.15, 0.2) is 5.03 Å². The lowest BCUT2D eigenvalue weighted by Gasteiger charge is -2.07. The second-order valence-corrected chi connectivity index (χ2v) is 6.16. The molecule has 0 amide bonds. The summed E-state index contributed by atoms with van der Waals surface area (Å²) in [5.74, 6) is -1.01. The van der Waals surface area contributed by atoms with E-state index in [4.69, 9.17) is 5.11 Å². The summed E-state index contributed by atoms with van der Waals surface area (Å²) in [5, 5.41) is 12.8. The first-order valence-corrected chi connectivity index (χ1v) is 7.68. The standard InChI is InChI=1S/C13H15N3O4S/c1-16-12(6-7-14-16)21(19,20)15-8-5-10-3-2-4-11(9-10)13(17)18/h2-4,6-7,9,15H,5,8H2,1H3,(H,17,18). The van der Waals surface area contributed by atoms with E-state index in [1.807, 2.05) is 0 Å². The van der Waals surface area contributed by atoms with Gasteiger partial charge in [0.25, 0.3) is 10.0 Å². The van der Waals surface area contributed by atoms with Crippen LogP contribution in [0.3, 0.4) is 0 Å². The van der Waals surface area contributed by atoms with E-state index in [1.165, 1.54) is 29.1 Å². The number of sulfonamides is 1. The lowest BCUT2D eigenvalue weighted by atomic mass is 10.1. The molecule has 0 atom stereocenters. The second-order valence-electron chi connectivity index (χ2n) is 4.45. The highest BCUT2D eigenvalue weighted by Crippen LogP contribution is 2.08. The van der Waals surface area contributed by atoms with Crippen molar-refractivity contribution in [3.05, 3.63) is 47.7 Å². The van der Waals surface area contributed by atoms with Crippen molar-refractivity contribution in [1.82, 2.24) is 14.5 Å². The fourth-order valence-electron chi connectivity index (χ4n) is 1.89. The van der Waals surface area contributed by atoms with Crippen LogP contribution in [0, 0.1) is 0 Å². The van der Waals surface area contributed by atoms with Crippen LogP contribution in [0.15, 0.2) is 41.6 Å². The molecule has 2 N–H and O–H groups in total. The number of carboxylic acids is 1. The maximum Gasteiger partial charge on any atom is 0.335 e. The molecule has 8 heteroatoms. The number of aromatic nitrogens is 2. The normalized spacial score (nSPS) is 11.5. The Hall–Kier alpha value is -2.19. The van der Waals surface area contributed by atoms with Crippen molar-refractivity contribution < 1.29 is 18.3 Å². The molecule has 0 aliphatic carbocycles. The molecule has 1 heterocycles. The Morgan fingerprint density at radius 3 is 2.76 bits per heavy atom. The number of nitrogens with one attached hydrogen (secondary N) is 1. The van der Waals surface area contributed by atoms with Gasteiger partial charge >= 0.3 is 5.97 Å². The molecule has 1 aromatic heterocycles. The van der Waals surface area contributed by atoms with Crippen LogP contribution in [0.25, 0.3) is 0 Å². The topological polar surface area (TPSA) is 101 Å². The molecular weight excluding hydrogens is 294 g/mol. The van der Waals surface area contributed by atoms with E-state index in [0.29, 0.717) is 6.42 Å². The highest BCUT2D eigenvalue weighted by molar-refractivity contribution is 7.89. The van der Waals surface area contributed by atoms with Crippen LogP contribution in [-0.2, 0) is 23.5 Å². The summed E-state index contributed by atoms with van der Waals surface area (Å²) in [6.45, 7) is 0.177. The van der Waals surface area contributed by atoms with Gasteiger partial charge in [0.05, 0.1) is 11.8 Å². The third-order valence-electron chi connectivity index (χ3n) is 2.93. The number of carboxylic acid groups (broad SMARTS) is 1. The van der Waals surface area contributed by atoms with Gasteiger partial charge in [0.2, 0.25) is 0 Å². The zero-order valence-electron chi connectivity index (χ0n) is 11.4. The van der Waals surface area contributed by atoms with E-state index >= 15 is 0 Å². The predicted molar refractivity (Wildman–Crippen MR) is 75.5 cm³/mol. The minimum atomic E-state index is -3.61. The fraction of sp³-hybridized carbons (Fsp3) is 0.231. The molecule has 1 aromatic carbocycles. The maximum absolute atomic E-state index is 12.0. The maximum atomic E-state index is 12.0. The summed E-state index contributed by atoms with van der Waals surface area (Å²) in [6.07, 6.45) is 1.81. The minimum Gasteiger partial charge on any atom is -0.478 e. The van der Waals surface area contributed by atoms with Gasteiger partial charge in [-0.15, -0.1) is 0 Å². The Balaban J connectivity index is 2.00. The Kier molecular flexibility index (Phi) is 4.39. The molecule has 0 radical (unpaired) electrons. The van der Waals surface area contributed by atoms with Crippen LogP contribution in [0.5, 0.6) is 0 Å². The van der Waals surface area contributed by atoms with Gasteiger partial charge in [-0.3, -0.25) is 4.68 Å². The van der Waals surface area contributed by atoms with Crippen molar-refractivity contribution in [2.75, 3.05) is 6.54 Å². The molecule has 112 valence electrons. The average molecular weight is 309 g/mol. The van der Waals surface area contributed by atoms with Crippen LogP contribution < -0.4 is 4.72 Å². The molecule has 0 unspecified atom stereocenters. The van der Waals surface area contributed by atoms with Crippen LogP contribution >= 0.6 is 0 Å². The molecule has 0 aliphatic heterocycles. The molecule has 0 fully saturated rings. The van der Waals surface area contributed by atoms with Gasteiger partial charge < -0.3 is 5.11 Å². The summed E-state index contributed by atoms with van der Waals surface area (Å²) in [5.41, 5.74) is 0.935. The summed E-state index contributed by atoms with van der Waals surface area (Å²) < 4.78 is 27.8. The number of aryl methyl sites for hydroxylation is 1. The number of rotatable bonds is 6. The predicted octanol–water partition coefficient (Wildman–Crippen LogP) is 0.639. The summed E-state index contributed by atoms with van der Waals surface area (Å²) in [4.78, 5) is 10.9. The van der Waals surface area contributed by atoms with E-state index in [9.17, 15) is 13.2 Å².